The molecule has 1 aromatic rings. The first-order valence-electron chi connectivity index (χ1n) is 7.72. The summed E-state index contributed by atoms with van der Waals surface area (Å²) in [6.45, 7) is 6.58. The van der Waals surface area contributed by atoms with E-state index < -0.39 is 40.6 Å². The molecule has 0 bridgehead atoms. The van der Waals surface area contributed by atoms with Crippen LogP contribution >= 0.6 is 0 Å². The third-order valence-electron chi connectivity index (χ3n) is 3.02. The van der Waals surface area contributed by atoms with Gasteiger partial charge in [-0.05, 0) is 27.7 Å². The Morgan fingerprint density at radius 1 is 1.24 bits per heavy atom. The number of nitro groups is 1. The van der Waals surface area contributed by atoms with Crippen LogP contribution in [0.1, 0.15) is 44.5 Å². The van der Waals surface area contributed by atoms with Crippen LogP contribution in [0.5, 0.6) is 0 Å². The quantitative estimate of drug-likeness (QED) is 0.244. The maximum absolute atomic E-state index is 12.6. The summed E-state index contributed by atoms with van der Waals surface area (Å²) in [7, 11) is 0. The highest BCUT2D eigenvalue weighted by atomic mass is 16.6. The Morgan fingerprint density at radius 2 is 1.88 bits per heavy atom. The number of hydrogen-bond donors (Lipinski definition) is 0. The van der Waals surface area contributed by atoms with E-state index in [4.69, 9.17) is 9.47 Å². The lowest BCUT2D eigenvalue weighted by atomic mass is 9.94. The molecule has 1 atom stereocenters. The van der Waals surface area contributed by atoms with Gasteiger partial charge in [0.2, 0.25) is 0 Å². The molecule has 25 heavy (non-hydrogen) atoms. The summed E-state index contributed by atoms with van der Waals surface area (Å²) in [5, 5.41) is 10.8. The molecule has 8 heteroatoms. The Morgan fingerprint density at radius 3 is 2.40 bits per heavy atom. The Bertz CT molecular complexity index is 676. The van der Waals surface area contributed by atoms with Gasteiger partial charge in [0.15, 0.2) is 5.78 Å². The minimum atomic E-state index is -1.42. The smallest absolute Gasteiger partial charge is 0.317 e. The molecule has 0 aliphatic carbocycles. The molecule has 8 nitrogen and oxygen atoms in total. The van der Waals surface area contributed by atoms with Gasteiger partial charge in [0, 0.05) is 17.7 Å². The zero-order valence-corrected chi connectivity index (χ0v) is 14.6. The molecular formula is C17H21NO7. The molecule has 0 spiro atoms. The third-order valence-corrected chi connectivity index (χ3v) is 3.02. The van der Waals surface area contributed by atoms with Gasteiger partial charge in [0.25, 0.3) is 5.69 Å². The number of Topliss-reactive ketones (excluding diaryl/α,β-unsaturated/α-hetero) is 1. The number of nitro benzene ring substituents is 1. The second-order valence-corrected chi connectivity index (χ2v) is 6.27. The Labute approximate surface area is 145 Å². The van der Waals surface area contributed by atoms with Crippen LogP contribution in [0.3, 0.4) is 0 Å². The summed E-state index contributed by atoms with van der Waals surface area (Å²) < 4.78 is 9.99. The van der Waals surface area contributed by atoms with Gasteiger partial charge in [-0.25, -0.2) is 0 Å². The molecule has 0 N–H and O–H groups in total. The van der Waals surface area contributed by atoms with Crippen molar-refractivity contribution in [1.29, 1.82) is 0 Å². The molecule has 0 saturated heterocycles. The van der Waals surface area contributed by atoms with Crippen LogP contribution < -0.4 is 0 Å². The lowest BCUT2D eigenvalue weighted by molar-refractivity contribution is -0.384. The molecule has 136 valence electrons. The van der Waals surface area contributed by atoms with Gasteiger partial charge in [0.05, 0.1) is 18.0 Å². The lowest BCUT2D eigenvalue weighted by Crippen LogP contribution is -2.32. The van der Waals surface area contributed by atoms with Crippen LogP contribution in [-0.4, -0.2) is 34.9 Å². The van der Waals surface area contributed by atoms with Gasteiger partial charge in [-0.2, -0.15) is 0 Å². The fourth-order valence-corrected chi connectivity index (χ4v) is 2.05. The molecule has 0 heterocycles. The number of hydrogen-bond acceptors (Lipinski definition) is 7. The zero-order chi connectivity index (χ0) is 19.2. The summed E-state index contributed by atoms with van der Waals surface area (Å²) in [5.41, 5.74) is -1.10. The number of non-ortho nitro benzene ring substituents is 1. The van der Waals surface area contributed by atoms with E-state index in [2.05, 4.69) is 0 Å². The fraction of sp³-hybridized carbons (Fsp3) is 0.471. The average Bonchev–Trinajstić information content (AvgIpc) is 2.50. The minimum absolute atomic E-state index is 0.0336. The molecule has 0 aromatic heterocycles. The molecule has 1 rings (SSSR count). The molecule has 1 aromatic carbocycles. The summed E-state index contributed by atoms with van der Waals surface area (Å²) in [5.74, 6) is -3.75. The SMILES string of the molecule is CCOC(=O)C(CC(=O)OC(C)(C)C)C(=O)c1cccc([N+](=O)[O-])c1. The molecular weight excluding hydrogens is 330 g/mol. The van der Waals surface area contributed by atoms with Gasteiger partial charge in [0.1, 0.15) is 11.5 Å². The number of benzene rings is 1. The molecule has 1 unspecified atom stereocenters. The van der Waals surface area contributed by atoms with Crippen molar-refractivity contribution in [2.24, 2.45) is 5.92 Å². The number of carbonyl (C=O) groups excluding carboxylic acids is 3. The molecule has 0 radical (unpaired) electrons. The highest BCUT2D eigenvalue weighted by molar-refractivity contribution is 6.10. The van der Waals surface area contributed by atoms with Gasteiger partial charge in [-0.15, -0.1) is 0 Å². The van der Waals surface area contributed by atoms with Crippen LogP contribution in [0.2, 0.25) is 0 Å². The minimum Gasteiger partial charge on any atom is -0.465 e. The van der Waals surface area contributed by atoms with Crippen molar-refractivity contribution in [2.75, 3.05) is 6.61 Å². The van der Waals surface area contributed by atoms with E-state index in [0.717, 1.165) is 6.07 Å². The summed E-state index contributed by atoms with van der Waals surface area (Å²) in [4.78, 5) is 46.9. The largest absolute Gasteiger partial charge is 0.465 e. The topological polar surface area (TPSA) is 113 Å². The highest BCUT2D eigenvalue weighted by Gasteiger charge is 2.33. The second kappa shape index (κ2) is 8.36. The summed E-state index contributed by atoms with van der Waals surface area (Å²) in [6.07, 6.45) is -0.502. The van der Waals surface area contributed by atoms with Crippen molar-refractivity contribution in [3.05, 3.63) is 39.9 Å². The number of rotatable bonds is 7. The van der Waals surface area contributed by atoms with Crippen molar-refractivity contribution < 1.29 is 28.8 Å². The Balaban J connectivity index is 3.08. The standard InChI is InChI=1S/C17H21NO7/c1-5-24-16(21)13(10-14(19)25-17(2,3)4)15(20)11-7-6-8-12(9-11)18(22)23/h6-9,13H,5,10H2,1-4H3. The van der Waals surface area contributed by atoms with E-state index in [1.54, 1.807) is 27.7 Å². The van der Waals surface area contributed by atoms with Crippen molar-refractivity contribution in [1.82, 2.24) is 0 Å². The average molecular weight is 351 g/mol. The number of ether oxygens (including phenoxy) is 2. The number of nitrogens with zero attached hydrogens (tertiary/aromatic N) is 1. The van der Waals surface area contributed by atoms with Crippen LogP contribution in [0.15, 0.2) is 24.3 Å². The summed E-state index contributed by atoms with van der Waals surface area (Å²) in [6, 6.07) is 4.96. The summed E-state index contributed by atoms with van der Waals surface area (Å²) >= 11 is 0. The maximum Gasteiger partial charge on any atom is 0.317 e. The van der Waals surface area contributed by atoms with E-state index in [9.17, 15) is 24.5 Å². The first kappa shape index (κ1) is 20.3. The molecule has 0 aliphatic heterocycles. The van der Waals surface area contributed by atoms with E-state index in [0.29, 0.717) is 0 Å². The Kier molecular flexibility index (Phi) is 6.78. The maximum atomic E-state index is 12.6. The zero-order valence-electron chi connectivity index (χ0n) is 14.6. The van der Waals surface area contributed by atoms with Crippen LogP contribution in [0.25, 0.3) is 0 Å². The van der Waals surface area contributed by atoms with Crippen molar-refractivity contribution in [3.63, 3.8) is 0 Å². The monoisotopic (exact) mass is 351 g/mol. The predicted molar refractivity (Wildman–Crippen MR) is 88.0 cm³/mol. The van der Waals surface area contributed by atoms with E-state index >= 15 is 0 Å². The van der Waals surface area contributed by atoms with Gasteiger partial charge in [-0.1, -0.05) is 12.1 Å². The van der Waals surface area contributed by atoms with Crippen molar-refractivity contribution in [3.8, 4) is 0 Å². The van der Waals surface area contributed by atoms with Crippen molar-refractivity contribution in [2.45, 2.75) is 39.7 Å². The van der Waals surface area contributed by atoms with Crippen LogP contribution in [-0.2, 0) is 19.1 Å². The fourth-order valence-electron chi connectivity index (χ4n) is 2.05. The lowest BCUT2D eigenvalue weighted by Gasteiger charge is -2.21. The number of esters is 2. The van der Waals surface area contributed by atoms with Gasteiger partial charge in [-0.3, -0.25) is 24.5 Å². The normalized spacial score (nSPS) is 12.2. The molecule has 0 fully saturated rings. The second-order valence-electron chi connectivity index (χ2n) is 6.27. The van der Waals surface area contributed by atoms with Gasteiger partial charge >= 0.3 is 11.9 Å². The van der Waals surface area contributed by atoms with E-state index in [1.807, 2.05) is 0 Å². The van der Waals surface area contributed by atoms with Crippen LogP contribution in [0, 0.1) is 16.0 Å². The molecule has 0 saturated carbocycles. The third kappa shape index (κ3) is 6.33. The molecule has 0 aliphatic rings. The Hall–Kier alpha value is -2.77. The number of carbonyl (C=O) groups is 3. The molecule has 0 amide bonds. The predicted octanol–water partition coefficient (Wildman–Crippen LogP) is 2.69. The van der Waals surface area contributed by atoms with Gasteiger partial charge < -0.3 is 9.47 Å². The number of ketones is 1. The van der Waals surface area contributed by atoms with Crippen molar-refractivity contribution >= 4 is 23.4 Å². The first-order valence-corrected chi connectivity index (χ1v) is 7.72. The highest BCUT2D eigenvalue weighted by Crippen LogP contribution is 2.21. The first-order chi connectivity index (χ1) is 11.5. The van der Waals surface area contributed by atoms with E-state index in [-0.39, 0.29) is 17.9 Å². The van der Waals surface area contributed by atoms with Crippen LogP contribution in [0.4, 0.5) is 5.69 Å². The van der Waals surface area contributed by atoms with E-state index in [1.165, 1.54) is 18.2 Å².